The Morgan fingerprint density at radius 3 is 2.62 bits per heavy atom. The number of rotatable bonds is 5. The van der Waals surface area contributed by atoms with Crippen LogP contribution in [-0.2, 0) is 30.7 Å². The summed E-state index contributed by atoms with van der Waals surface area (Å²) in [6.07, 6.45) is 0.814. The predicted molar refractivity (Wildman–Crippen MR) is 83.3 cm³/mol. The molecule has 0 saturated heterocycles. The molecule has 0 unspecified atom stereocenters. The number of alkyl halides is 1. The Morgan fingerprint density at radius 1 is 1.43 bits per heavy atom. The first kappa shape index (κ1) is 15.8. The number of nitrogens with one attached hydrogen (secondary N) is 1. The van der Waals surface area contributed by atoms with Crippen LogP contribution < -0.4 is 5.32 Å². The van der Waals surface area contributed by atoms with E-state index in [4.69, 9.17) is 11.6 Å². The molecule has 1 amide bonds. The van der Waals surface area contributed by atoms with E-state index < -0.39 is 5.41 Å². The molecule has 7 heteroatoms. The summed E-state index contributed by atoms with van der Waals surface area (Å²) in [6, 6.07) is 0. The highest BCUT2D eigenvalue weighted by atomic mass is 35.5. The van der Waals surface area contributed by atoms with Crippen molar-refractivity contribution in [2.75, 3.05) is 7.05 Å². The fourth-order valence-electron chi connectivity index (χ4n) is 2.60. The van der Waals surface area contributed by atoms with Crippen LogP contribution >= 0.6 is 11.6 Å². The zero-order valence-electron chi connectivity index (χ0n) is 13.2. The molecule has 116 valence electrons. The second kappa shape index (κ2) is 5.67. The lowest BCUT2D eigenvalue weighted by atomic mass is 9.92. The molecule has 0 aliphatic rings. The van der Waals surface area contributed by atoms with Crippen molar-refractivity contribution in [2.45, 2.75) is 39.6 Å². The number of amides is 1. The van der Waals surface area contributed by atoms with E-state index in [2.05, 4.69) is 22.3 Å². The van der Waals surface area contributed by atoms with Gasteiger partial charge in [0.25, 0.3) is 0 Å². The third-order valence-electron chi connectivity index (χ3n) is 3.72. The van der Waals surface area contributed by atoms with Crippen LogP contribution in [0.3, 0.4) is 0 Å². The highest BCUT2D eigenvalue weighted by Crippen LogP contribution is 2.26. The molecule has 2 aromatic rings. The SMILES string of the molecule is CCc1nn(C)c2c1nc(CCl)n2CC(C)(C)C(=O)NC. The van der Waals surface area contributed by atoms with E-state index >= 15 is 0 Å². The van der Waals surface area contributed by atoms with Crippen molar-refractivity contribution >= 4 is 28.7 Å². The van der Waals surface area contributed by atoms with E-state index in [9.17, 15) is 4.79 Å². The maximum atomic E-state index is 12.0. The van der Waals surface area contributed by atoms with Crippen molar-refractivity contribution in [3.63, 3.8) is 0 Å². The second-order valence-corrected chi connectivity index (χ2v) is 6.07. The van der Waals surface area contributed by atoms with Gasteiger partial charge >= 0.3 is 0 Å². The molecule has 2 rings (SSSR count). The normalized spacial score (nSPS) is 12.1. The molecular weight excluding hydrogens is 290 g/mol. The zero-order valence-corrected chi connectivity index (χ0v) is 14.0. The van der Waals surface area contributed by atoms with E-state index in [1.807, 2.05) is 30.1 Å². The van der Waals surface area contributed by atoms with Gasteiger partial charge in [-0.3, -0.25) is 9.48 Å². The minimum atomic E-state index is -0.556. The first-order valence-corrected chi connectivity index (χ1v) is 7.58. The molecule has 0 saturated carbocycles. The van der Waals surface area contributed by atoms with Crippen LogP contribution in [0.1, 0.15) is 32.3 Å². The molecule has 6 nitrogen and oxygen atoms in total. The second-order valence-electron chi connectivity index (χ2n) is 5.81. The number of hydrogen-bond acceptors (Lipinski definition) is 3. The van der Waals surface area contributed by atoms with Crippen molar-refractivity contribution in [3.8, 4) is 0 Å². The van der Waals surface area contributed by atoms with Crippen LogP contribution in [0.25, 0.3) is 11.2 Å². The number of imidazole rings is 1. The predicted octanol–water partition coefficient (Wildman–Crippen LogP) is 1.84. The van der Waals surface area contributed by atoms with Crippen LogP contribution in [0.4, 0.5) is 0 Å². The van der Waals surface area contributed by atoms with Crippen molar-refractivity contribution in [3.05, 3.63) is 11.5 Å². The Hall–Kier alpha value is -1.56. The van der Waals surface area contributed by atoms with Crippen LogP contribution in [0.5, 0.6) is 0 Å². The largest absolute Gasteiger partial charge is 0.359 e. The first-order valence-electron chi connectivity index (χ1n) is 7.04. The summed E-state index contributed by atoms with van der Waals surface area (Å²) in [5, 5.41) is 7.20. The highest BCUT2D eigenvalue weighted by molar-refractivity contribution is 6.16. The number of aromatic nitrogens is 4. The number of hydrogen-bond donors (Lipinski definition) is 1. The monoisotopic (exact) mass is 311 g/mol. The van der Waals surface area contributed by atoms with Gasteiger partial charge in [0.1, 0.15) is 11.3 Å². The maximum Gasteiger partial charge on any atom is 0.227 e. The minimum absolute atomic E-state index is 0.0113. The van der Waals surface area contributed by atoms with Crippen molar-refractivity contribution in [1.29, 1.82) is 0 Å². The Balaban J connectivity index is 2.57. The fourth-order valence-corrected chi connectivity index (χ4v) is 2.80. The summed E-state index contributed by atoms with van der Waals surface area (Å²) in [6.45, 7) is 6.38. The van der Waals surface area contributed by atoms with Gasteiger partial charge in [-0.15, -0.1) is 11.6 Å². The van der Waals surface area contributed by atoms with Gasteiger partial charge in [-0.25, -0.2) is 4.98 Å². The average molecular weight is 312 g/mol. The van der Waals surface area contributed by atoms with Crippen LogP contribution in [-0.4, -0.2) is 32.3 Å². The maximum absolute atomic E-state index is 12.0. The topological polar surface area (TPSA) is 64.7 Å². The Kier molecular flexibility index (Phi) is 4.27. The van der Waals surface area contributed by atoms with E-state index in [0.29, 0.717) is 12.4 Å². The van der Waals surface area contributed by atoms with Gasteiger partial charge in [-0.1, -0.05) is 6.92 Å². The smallest absolute Gasteiger partial charge is 0.227 e. The summed E-state index contributed by atoms with van der Waals surface area (Å²) in [5.74, 6) is 1.07. The van der Waals surface area contributed by atoms with E-state index in [1.165, 1.54) is 0 Å². The molecule has 0 fully saturated rings. The summed E-state index contributed by atoms with van der Waals surface area (Å²) >= 11 is 6.04. The van der Waals surface area contributed by atoms with E-state index in [0.717, 1.165) is 29.1 Å². The molecule has 2 aromatic heterocycles. The molecule has 0 atom stereocenters. The third kappa shape index (κ3) is 2.64. The van der Waals surface area contributed by atoms with Gasteiger partial charge in [0.2, 0.25) is 5.91 Å². The van der Waals surface area contributed by atoms with Gasteiger partial charge in [0, 0.05) is 20.6 Å². The number of carbonyl (C=O) groups excluding carboxylic acids is 1. The van der Waals surface area contributed by atoms with Gasteiger partial charge in [0.15, 0.2) is 5.65 Å². The van der Waals surface area contributed by atoms with Crippen LogP contribution in [0.15, 0.2) is 0 Å². The number of fused-ring (bicyclic) bond motifs is 1. The van der Waals surface area contributed by atoms with Crippen molar-refractivity contribution in [1.82, 2.24) is 24.6 Å². The van der Waals surface area contributed by atoms with Gasteiger partial charge < -0.3 is 9.88 Å². The van der Waals surface area contributed by atoms with E-state index in [1.54, 1.807) is 7.05 Å². The fraction of sp³-hybridized carbons (Fsp3) is 0.643. The minimum Gasteiger partial charge on any atom is -0.359 e. The molecule has 21 heavy (non-hydrogen) atoms. The summed E-state index contributed by atoms with van der Waals surface area (Å²) in [7, 11) is 3.54. The molecule has 0 spiro atoms. The highest BCUT2D eigenvalue weighted by Gasteiger charge is 2.30. The van der Waals surface area contributed by atoms with E-state index in [-0.39, 0.29) is 5.91 Å². The molecule has 0 aliphatic carbocycles. The molecular formula is C14H22ClN5O. The average Bonchev–Trinajstić information content (AvgIpc) is 2.95. The van der Waals surface area contributed by atoms with Gasteiger partial charge in [-0.05, 0) is 20.3 Å². The molecule has 0 radical (unpaired) electrons. The molecule has 1 N–H and O–H groups in total. The summed E-state index contributed by atoms with van der Waals surface area (Å²) in [5.41, 5.74) is 2.19. The number of halogens is 1. The van der Waals surface area contributed by atoms with Crippen LogP contribution in [0, 0.1) is 5.41 Å². The third-order valence-corrected chi connectivity index (χ3v) is 3.96. The van der Waals surface area contributed by atoms with Crippen LogP contribution in [0.2, 0.25) is 0 Å². The van der Waals surface area contributed by atoms with Gasteiger partial charge in [-0.2, -0.15) is 5.10 Å². The standard InChI is InChI=1S/C14H22ClN5O/c1-6-9-11-12(19(5)18-9)20(10(7-15)17-11)8-14(2,3)13(21)16-4/h6-8H2,1-5H3,(H,16,21). The summed E-state index contributed by atoms with van der Waals surface area (Å²) in [4.78, 5) is 16.6. The number of nitrogens with zero attached hydrogens (tertiary/aromatic N) is 4. The first-order chi connectivity index (χ1) is 9.85. The molecule has 0 bridgehead atoms. The Labute approximate surface area is 129 Å². The molecule has 2 heterocycles. The number of carbonyl (C=O) groups is 1. The Bertz CT molecular complexity index is 670. The molecule has 0 aliphatic heterocycles. The Morgan fingerprint density at radius 2 is 2.10 bits per heavy atom. The van der Waals surface area contributed by atoms with Crippen molar-refractivity contribution in [2.24, 2.45) is 12.5 Å². The lowest BCUT2D eigenvalue weighted by Crippen LogP contribution is -2.38. The lowest BCUT2D eigenvalue weighted by Gasteiger charge is -2.24. The number of aryl methyl sites for hydroxylation is 2. The van der Waals surface area contributed by atoms with Crippen molar-refractivity contribution < 1.29 is 4.79 Å². The lowest BCUT2D eigenvalue weighted by molar-refractivity contribution is -0.129. The quantitative estimate of drug-likeness (QED) is 0.857. The summed E-state index contributed by atoms with van der Waals surface area (Å²) < 4.78 is 3.82. The van der Waals surface area contributed by atoms with Gasteiger partial charge in [0.05, 0.1) is 17.0 Å². The zero-order chi connectivity index (χ0) is 15.8. The molecule has 0 aromatic carbocycles.